The lowest BCUT2D eigenvalue weighted by Crippen LogP contribution is -2.35. The number of hydrogen-bond acceptors (Lipinski definition) is 3. The second kappa shape index (κ2) is 6.95. The van der Waals surface area contributed by atoms with Crippen LogP contribution in [0.2, 0.25) is 5.02 Å². The predicted molar refractivity (Wildman–Crippen MR) is 74.8 cm³/mol. The molecule has 0 aliphatic heterocycles. The zero-order chi connectivity index (χ0) is 16.3. The molecular formula is C12H16ClF3N2O2S. The van der Waals surface area contributed by atoms with Crippen LogP contribution in [0.3, 0.4) is 0 Å². The zero-order valence-corrected chi connectivity index (χ0v) is 13.0. The molecule has 120 valence electrons. The molecule has 0 saturated carbocycles. The van der Waals surface area contributed by atoms with Gasteiger partial charge >= 0.3 is 6.18 Å². The number of sulfonamides is 1. The van der Waals surface area contributed by atoms with Gasteiger partial charge in [0.05, 0.1) is 10.5 Å². The summed E-state index contributed by atoms with van der Waals surface area (Å²) in [6.45, 7) is 4.04. The van der Waals surface area contributed by atoms with Crippen LogP contribution in [0.4, 0.5) is 13.2 Å². The van der Waals surface area contributed by atoms with Gasteiger partial charge in [0.25, 0.3) is 0 Å². The van der Waals surface area contributed by atoms with Gasteiger partial charge in [0, 0.05) is 24.2 Å². The highest BCUT2D eigenvalue weighted by molar-refractivity contribution is 7.89. The smallest absolute Gasteiger partial charge is 0.313 e. The molecule has 21 heavy (non-hydrogen) atoms. The van der Waals surface area contributed by atoms with Crippen LogP contribution in [0.5, 0.6) is 0 Å². The summed E-state index contributed by atoms with van der Waals surface area (Å²) in [4.78, 5) is -0.830. The molecule has 9 heteroatoms. The maximum Gasteiger partial charge on any atom is 0.417 e. The fourth-order valence-electron chi connectivity index (χ4n) is 1.58. The van der Waals surface area contributed by atoms with E-state index in [1.807, 2.05) is 13.8 Å². The molecule has 1 aromatic rings. The molecule has 0 fully saturated rings. The first-order chi connectivity index (χ1) is 9.54. The third-order valence-corrected chi connectivity index (χ3v) is 4.26. The van der Waals surface area contributed by atoms with Gasteiger partial charge in [-0.1, -0.05) is 25.4 Å². The van der Waals surface area contributed by atoms with E-state index in [0.717, 1.165) is 12.1 Å². The first-order valence-electron chi connectivity index (χ1n) is 6.14. The van der Waals surface area contributed by atoms with E-state index in [4.69, 9.17) is 11.6 Å². The molecule has 0 aliphatic rings. The highest BCUT2D eigenvalue weighted by Gasteiger charge is 2.37. The Morgan fingerprint density at radius 2 is 1.86 bits per heavy atom. The second-order valence-electron chi connectivity index (χ2n) is 4.64. The quantitative estimate of drug-likeness (QED) is 0.780. The third kappa shape index (κ3) is 5.46. The minimum absolute atomic E-state index is 0.0135. The minimum Gasteiger partial charge on any atom is -0.313 e. The maximum absolute atomic E-state index is 12.9. The number of hydrogen-bond donors (Lipinski definition) is 2. The number of nitrogens with one attached hydrogen (secondary N) is 2. The topological polar surface area (TPSA) is 58.2 Å². The number of alkyl halides is 3. The monoisotopic (exact) mass is 344 g/mol. The van der Waals surface area contributed by atoms with E-state index >= 15 is 0 Å². The fourth-order valence-corrected chi connectivity index (χ4v) is 2.99. The Bertz CT molecular complexity index is 589. The Morgan fingerprint density at radius 3 is 2.38 bits per heavy atom. The lowest BCUT2D eigenvalue weighted by Gasteiger charge is -2.15. The van der Waals surface area contributed by atoms with Crippen LogP contribution >= 0.6 is 11.6 Å². The van der Waals surface area contributed by atoms with Crippen LogP contribution in [-0.4, -0.2) is 27.5 Å². The van der Waals surface area contributed by atoms with Crippen molar-refractivity contribution in [1.82, 2.24) is 10.0 Å². The Kier molecular flexibility index (Phi) is 6.03. The van der Waals surface area contributed by atoms with E-state index < -0.39 is 26.7 Å². The van der Waals surface area contributed by atoms with E-state index in [2.05, 4.69) is 10.0 Å². The van der Waals surface area contributed by atoms with E-state index in [0.29, 0.717) is 12.6 Å². The summed E-state index contributed by atoms with van der Waals surface area (Å²) in [5, 5.41) is 2.78. The van der Waals surface area contributed by atoms with E-state index in [1.165, 1.54) is 0 Å². The van der Waals surface area contributed by atoms with Crippen LogP contribution in [0, 0.1) is 0 Å². The Labute approximate surface area is 126 Å². The molecule has 0 bridgehead atoms. The van der Waals surface area contributed by atoms with Crippen molar-refractivity contribution in [2.24, 2.45) is 0 Å². The van der Waals surface area contributed by atoms with Crippen molar-refractivity contribution in [3.63, 3.8) is 0 Å². The van der Waals surface area contributed by atoms with Gasteiger partial charge in [-0.15, -0.1) is 0 Å². The largest absolute Gasteiger partial charge is 0.417 e. The van der Waals surface area contributed by atoms with Crippen LogP contribution < -0.4 is 10.0 Å². The molecule has 0 aliphatic carbocycles. The molecule has 0 atom stereocenters. The van der Waals surface area contributed by atoms with Crippen molar-refractivity contribution in [2.45, 2.75) is 31.0 Å². The Morgan fingerprint density at radius 1 is 1.24 bits per heavy atom. The molecule has 0 aromatic heterocycles. The van der Waals surface area contributed by atoms with Gasteiger partial charge in [0.1, 0.15) is 0 Å². The summed E-state index contributed by atoms with van der Waals surface area (Å²) >= 11 is 5.51. The average Bonchev–Trinajstić information content (AvgIpc) is 2.33. The Hall–Kier alpha value is -0.830. The van der Waals surface area contributed by atoms with Gasteiger partial charge in [-0.3, -0.25) is 0 Å². The second-order valence-corrected chi connectivity index (χ2v) is 6.82. The molecule has 0 radical (unpaired) electrons. The van der Waals surface area contributed by atoms with E-state index in [1.54, 1.807) is 0 Å². The number of rotatable bonds is 6. The average molecular weight is 345 g/mol. The molecule has 1 rings (SSSR count). The van der Waals surface area contributed by atoms with Gasteiger partial charge in [-0.2, -0.15) is 13.2 Å². The van der Waals surface area contributed by atoms with Gasteiger partial charge in [-0.05, 0) is 18.2 Å². The number of benzene rings is 1. The molecule has 2 N–H and O–H groups in total. The van der Waals surface area contributed by atoms with Gasteiger partial charge in [0.2, 0.25) is 10.0 Å². The molecular weight excluding hydrogens is 329 g/mol. The molecule has 4 nitrogen and oxygen atoms in total. The first-order valence-corrected chi connectivity index (χ1v) is 8.00. The summed E-state index contributed by atoms with van der Waals surface area (Å²) < 4.78 is 64.7. The lowest BCUT2D eigenvalue weighted by molar-refractivity contribution is -0.139. The minimum atomic E-state index is -4.80. The van der Waals surface area contributed by atoms with Crippen molar-refractivity contribution >= 4 is 21.6 Å². The lowest BCUT2D eigenvalue weighted by atomic mass is 10.2. The molecule has 0 spiro atoms. The van der Waals surface area contributed by atoms with Crippen LogP contribution in [0.1, 0.15) is 19.4 Å². The highest BCUT2D eigenvalue weighted by Crippen LogP contribution is 2.35. The molecule has 0 amide bonds. The van der Waals surface area contributed by atoms with Gasteiger partial charge in [0.15, 0.2) is 0 Å². The van der Waals surface area contributed by atoms with Crippen molar-refractivity contribution in [2.75, 3.05) is 13.1 Å². The Balaban J connectivity index is 2.98. The summed E-state index contributed by atoms with van der Waals surface area (Å²) in [5.74, 6) is 0. The zero-order valence-electron chi connectivity index (χ0n) is 11.5. The van der Waals surface area contributed by atoms with Crippen LogP contribution in [0.25, 0.3) is 0 Å². The fraction of sp³-hybridized carbons (Fsp3) is 0.500. The highest BCUT2D eigenvalue weighted by atomic mass is 35.5. The molecule has 0 heterocycles. The third-order valence-electron chi connectivity index (χ3n) is 2.51. The van der Waals surface area contributed by atoms with Crippen molar-refractivity contribution in [1.29, 1.82) is 0 Å². The normalized spacial score (nSPS) is 12.9. The van der Waals surface area contributed by atoms with Gasteiger partial charge < -0.3 is 5.32 Å². The van der Waals surface area contributed by atoms with Gasteiger partial charge in [-0.25, -0.2) is 13.1 Å². The SMILES string of the molecule is CC(C)NCCNS(=O)(=O)c1ccc(Cl)cc1C(F)(F)F. The number of halogens is 4. The van der Waals surface area contributed by atoms with E-state index in [9.17, 15) is 21.6 Å². The molecule has 1 aromatic carbocycles. The summed E-state index contributed by atoms with van der Waals surface area (Å²) in [7, 11) is -4.26. The van der Waals surface area contributed by atoms with Crippen molar-refractivity contribution < 1.29 is 21.6 Å². The van der Waals surface area contributed by atoms with Crippen LogP contribution in [-0.2, 0) is 16.2 Å². The van der Waals surface area contributed by atoms with Crippen molar-refractivity contribution in [3.05, 3.63) is 28.8 Å². The summed E-state index contributed by atoms with van der Waals surface area (Å²) in [6, 6.07) is 2.71. The standard InChI is InChI=1S/C12H16ClF3N2O2S/c1-8(2)17-5-6-18-21(19,20)11-4-3-9(13)7-10(11)12(14,15)16/h3-4,7-8,17-18H,5-6H2,1-2H3. The first kappa shape index (κ1) is 18.2. The molecule has 0 saturated heterocycles. The van der Waals surface area contributed by atoms with Crippen LogP contribution in [0.15, 0.2) is 23.1 Å². The summed E-state index contributed by atoms with van der Waals surface area (Å²) in [5.41, 5.74) is -1.28. The van der Waals surface area contributed by atoms with E-state index in [-0.39, 0.29) is 17.6 Å². The maximum atomic E-state index is 12.9. The van der Waals surface area contributed by atoms with Crippen molar-refractivity contribution in [3.8, 4) is 0 Å². The molecule has 0 unspecified atom stereocenters. The predicted octanol–water partition coefficient (Wildman–Crippen LogP) is 2.64. The summed E-state index contributed by atoms with van der Waals surface area (Å²) in [6.07, 6.45) is -4.80.